The number of carbonyl (C=O) groups excluding carboxylic acids is 2. The summed E-state index contributed by atoms with van der Waals surface area (Å²) in [4.78, 5) is 28.1. The highest BCUT2D eigenvalue weighted by Crippen LogP contribution is 2.44. The van der Waals surface area contributed by atoms with Crippen molar-refractivity contribution in [1.29, 1.82) is 0 Å². The van der Waals surface area contributed by atoms with Crippen LogP contribution in [0.4, 0.5) is 5.69 Å². The van der Waals surface area contributed by atoms with Crippen LogP contribution in [0.3, 0.4) is 0 Å². The Balaban J connectivity index is 1.92. The lowest BCUT2D eigenvalue weighted by molar-refractivity contribution is -0.132. The number of rotatable bonds is 7. The number of aliphatic hydroxyl groups excluding tert-OH is 1. The molecule has 1 aliphatic rings. The molecule has 0 aromatic heterocycles. The molecule has 3 aromatic carbocycles. The van der Waals surface area contributed by atoms with Gasteiger partial charge in [0.2, 0.25) is 0 Å². The zero-order valence-electron chi connectivity index (χ0n) is 19.7. The molecule has 3 aromatic rings. The summed E-state index contributed by atoms with van der Waals surface area (Å²) in [5.41, 5.74) is 2.52. The van der Waals surface area contributed by atoms with Crippen LogP contribution in [0, 0.1) is 6.92 Å². The van der Waals surface area contributed by atoms with E-state index in [1.807, 2.05) is 45.0 Å². The Labute approximate surface area is 209 Å². The molecular formula is C28H26ClNO5. The molecule has 35 heavy (non-hydrogen) atoms. The van der Waals surface area contributed by atoms with E-state index in [1.54, 1.807) is 42.5 Å². The first-order valence-corrected chi connectivity index (χ1v) is 11.8. The van der Waals surface area contributed by atoms with E-state index in [1.165, 1.54) is 4.90 Å². The van der Waals surface area contributed by atoms with Gasteiger partial charge in [0.1, 0.15) is 5.76 Å². The highest BCUT2D eigenvalue weighted by molar-refractivity contribution is 6.51. The number of nitrogens with zero attached hydrogens (tertiary/aromatic N) is 1. The van der Waals surface area contributed by atoms with E-state index in [0.717, 1.165) is 5.56 Å². The van der Waals surface area contributed by atoms with Crippen molar-refractivity contribution in [3.8, 4) is 11.5 Å². The molecule has 7 heteroatoms. The number of carbonyl (C=O) groups is 2. The number of halogens is 1. The predicted octanol–water partition coefficient (Wildman–Crippen LogP) is 6.07. The minimum Gasteiger partial charge on any atom is -0.507 e. The lowest BCUT2D eigenvalue weighted by Crippen LogP contribution is -2.29. The maximum atomic E-state index is 13.4. The SMILES string of the molecule is CCOc1ccc(N2C(=O)C(=O)/C(=C(/O)c3ccc(Cl)cc3)C2c2cccc(C)c2)cc1OCC. The normalized spacial score (nSPS) is 17.0. The van der Waals surface area contributed by atoms with Crippen molar-refractivity contribution in [2.45, 2.75) is 26.8 Å². The van der Waals surface area contributed by atoms with Crippen molar-refractivity contribution in [2.24, 2.45) is 0 Å². The zero-order chi connectivity index (χ0) is 25.1. The van der Waals surface area contributed by atoms with Gasteiger partial charge in [-0.05, 0) is 62.7 Å². The summed E-state index contributed by atoms with van der Waals surface area (Å²) in [6.07, 6.45) is 0. The number of anilines is 1. The van der Waals surface area contributed by atoms with E-state index < -0.39 is 17.7 Å². The lowest BCUT2D eigenvalue weighted by Gasteiger charge is -2.26. The number of aryl methyl sites for hydroxylation is 1. The Morgan fingerprint density at radius 2 is 1.63 bits per heavy atom. The molecule has 1 heterocycles. The van der Waals surface area contributed by atoms with E-state index >= 15 is 0 Å². The van der Waals surface area contributed by atoms with Gasteiger partial charge in [-0.15, -0.1) is 0 Å². The van der Waals surface area contributed by atoms with E-state index in [9.17, 15) is 14.7 Å². The standard InChI is InChI=1S/C28H26ClNO5/c1-4-34-22-14-13-21(16-23(22)35-5-2)30-25(19-8-6-7-17(3)15-19)24(27(32)28(30)33)26(31)18-9-11-20(29)12-10-18/h6-16,25,31H,4-5H2,1-3H3/b26-24+. The quantitative estimate of drug-likeness (QED) is 0.246. The number of Topliss-reactive ketones (excluding diaryl/α,β-unsaturated/α-hetero) is 1. The maximum Gasteiger partial charge on any atom is 0.300 e. The van der Waals surface area contributed by atoms with Crippen molar-refractivity contribution in [3.05, 3.63) is 94.0 Å². The van der Waals surface area contributed by atoms with Crippen LogP contribution in [-0.2, 0) is 9.59 Å². The molecule has 1 N–H and O–H groups in total. The second-order valence-corrected chi connectivity index (χ2v) is 8.52. The summed E-state index contributed by atoms with van der Waals surface area (Å²) in [6.45, 7) is 6.51. The fourth-order valence-electron chi connectivity index (χ4n) is 4.21. The smallest absolute Gasteiger partial charge is 0.300 e. The molecule has 180 valence electrons. The lowest BCUT2D eigenvalue weighted by atomic mass is 9.94. The monoisotopic (exact) mass is 491 g/mol. The largest absolute Gasteiger partial charge is 0.507 e. The molecular weight excluding hydrogens is 466 g/mol. The predicted molar refractivity (Wildman–Crippen MR) is 136 cm³/mol. The van der Waals surface area contributed by atoms with Crippen LogP contribution in [0.5, 0.6) is 11.5 Å². The molecule has 1 fully saturated rings. The second kappa shape index (κ2) is 10.2. The minimum atomic E-state index is -0.835. The molecule has 0 saturated carbocycles. The average molecular weight is 492 g/mol. The molecule has 0 aliphatic carbocycles. The van der Waals surface area contributed by atoms with Crippen molar-refractivity contribution in [2.75, 3.05) is 18.1 Å². The van der Waals surface area contributed by atoms with Crippen molar-refractivity contribution in [1.82, 2.24) is 0 Å². The van der Waals surface area contributed by atoms with Gasteiger partial charge < -0.3 is 14.6 Å². The number of hydrogen-bond acceptors (Lipinski definition) is 5. The number of ether oxygens (including phenoxy) is 2. The van der Waals surface area contributed by atoms with Crippen LogP contribution in [-0.4, -0.2) is 30.0 Å². The third-order valence-corrected chi connectivity index (χ3v) is 5.98. The van der Waals surface area contributed by atoms with Crippen LogP contribution in [0.15, 0.2) is 72.3 Å². The van der Waals surface area contributed by atoms with Gasteiger partial charge in [0.05, 0.1) is 24.8 Å². The van der Waals surface area contributed by atoms with E-state index in [2.05, 4.69) is 0 Å². The Hall–Kier alpha value is -3.77. The molecule has 1 atom stereocenters. The van der Waals surface area contributed by atoms with Gasteiger partial charge in [0, 0.05) is 22.3 Å². The Bertz CT molecular complexity index is 1300. The molecule has 1 amide bonds. The van der Waals surface area contributed by atoms with Crippen LogP contribution < -0.4 is 14.4 Å². The first kappa shape index (κ1) is 24.4. The maximum absolute atomic E-state index is 13.4. The van der Waals surface area contributed by atoms with Crippen molar-refractivity contribution in [3.63, 3.8) is 0 Å². The third-order valence-electron chi connectivity index (χ3n) is 5.73. The molecule has 0 radical (unpaired) electrons. The number of amides is 1. The summed E-state index contributed by atoms with van der Waals surface area (Å²) in [5, 5.41) is 11.7. The van der Waals surface area contributed by atoms with Gasteiger partial charge >= 0.3 is 0 Å². The highest BCUT2D eigenvalue weighted by Gasteiger charge is 2.47. The summed E-state index contributed by atoms with van der Waals surface area (Å²) < 4.78 is 11.4. The van der Waals surface area contributed by atoms with Crippen LogP contribution in [0.2, 0.25) is 5.02 Å². The van der Waals surface area contributed by atoms with Crippen LogP contribution in [0.25, 0.3) is 5.76 Å². The first-order chi connectivity index (χ1) is 16.8. The third kappa shape index (κ3) is 4.75. The van der Waals surface area contributed by atoms with E-state index in [-0.39, 0.29) is 11.3 Å². The summed E-state index contributed by atoms with van der Waals surface area (Å²) in [6, 6.07) is 18.3. The average Bonchev–Trinajstić information content (AvgIpc) is 3.11. The first-order valence-electron chi connectivity index (χ1n) is 11.4. The van der Waals surface area contributed by atoms with Crippen LogP contribution >= 0.6 is 11.6 Å². The van der Waals surface area contributed by atoms with E-state index in [0.29, 0.717) is 46.5 Å². The molecule has 0 bridgehead atoms. The van der Waals surface area contributed by atoms with Gasteiger partial charge in [-0.3, -0.25) is 14.5 Å². The summed E-state index contributed by atoms with van der Waals surface area (Å²) in [5.74, 6) is -0.753. The van der Waals surface area contributed by atoms with Gasteiger partial charge in [0.25, 0.3) is 11.7 Å². The zero-order valence-corrected chi connectivity index (χ0v) is 20.5. The number of hydrogen-bond donors (Lipinski definition) is 1. The molecule has 4 rings (SSSR count). The molecule has 1 saturated heterocycles. The van der Waals surface area contributed by atoms with Crippen LogP contribution in [0.1, 0.15) is 36.6 Å². The second-order valence-electron chi connectivity index (χ2n) is 8.09. The molecule has 1 unspecified atom stereocenters. The fourth-order valence-corrected chi connectivity index (χ4v) is 4.33. The molecule has 0 spiro atoms. The number of ketones is 1. The van der Waals surface area contributed by atoms with Gasteiger partial charge in [-0.1, -0.05) is 41.4 Å². The number of aliphatic hydroxyl groups is 1. The summed E-state index contributed by atoms with van der Waals surface area (Å²) >= 11 is 6.00. The Morgan fingerprint density at radius 3 is 2.29 bits per heavy atom. The topological polar surface area (TPSA) is 76.1 Å². The highest BCUT2D eigenvalue weighted by atomic mass is 35.5. The van der Waals surface area contributed by atoms with E-state index in [4.69, 9.17) is 21.1 Å². The number of benzene rings is 3. The minimum absolute atomic E-state index is 0.00904. The summed E-state index contributed by atoms with van der Waals surface area (Å²) in [7, 11) is 0. The Morgan fingerprint density at radius 1 is 0.943 bits per heavy atom. The molecule has 1 aliphatic heterocycles. The van der Waals surface area contributed by atoms with Gasteiger partial charge in [0.15, 0.2) is 11.5 Å². The van der Waals surface area contributed by atoms with Crippen molar-refractivity contribution < 1.29 is 24.2 Å². The Kier molecular flexibility index (Phi) is 7.12. The van der Waals surface area contributed by atoms with Gasteiger partial charge in [-0.25, -0.2) is 0 Å². The van der Waals surface area contributed by atoms with Gasteiger partial charge in [-0.2, -0.15) is 0 Å². The van der Waals surface area contributed by atoms with Crippen molar-refractivity contribution >= 4 is 34.7 Å². The molecule has 6 nitrogen and oxygen atoms in total. The fraction of sp³-hybridized carbons (Fsp3) is 0.214.